The van der Waals surface area contributed by atoms with Crippen LogP contribution < -0.4 is 0 Å². The molecule has 0 amide bonds. The van der Waals surface area contributed by atoms with E-state index in [1.165, 1.54) is 0 Å². The van der Waals surface area contributed by atoms with Crippen LogP contribution in [-0.2, 0) is 13.0 Å². The highest BCUT2D eigenvalue weighted by atomic mass is 35.5. The van der Waals surface area contributed by atoms with Crippen molar-refractivity contribution in [1.82, 2.24) is 9.55 Å². The maximum absolute atomic E-state index is 9.39. The molecule has 1 aliphatic heterocycles. The lowest BCUT2D eigenvalue weighted by Gasteiger charge is -2.20. The van der Waals surface area contributed by atoms with E-state index >= 15 is 0 Å². The number of aliphatic hydroxyl groups excluding tert-OH is 1. The monoisotopic (exact) mass is 186 g/mol. The van der Waals surface area contributed by atoms with Crippen LogP contribution >= 0.6 is 11.6 Å². The summed E-state index contributed by atoms with van der Waals surface area (Å²) in [6, 6.07) is 0. The fraction of sp³-hybridized carbons (Fsp3) is 0.625. The molecule has 0 saturated heterocycles. The summed E-state index contributed by atoms with van der Waals surface area (Å²) >= 11 is 5.89. The first-order valence-electron chi connectivity index (χ1n) is 4.08. The average Bonchev–Trinajstić information content (AvgIpc) is 2.28. The molecule has 0 saturated carbocycles. The van der Waals surface area contributed by atoms with E-state index in [2.05, 4.69) is 9.55 Å². The summed E-state index contributed by atoms with van der Waals surface area (Å²) in [6.07, 6.45) is 1.20. The second-order valence-electron chi connectivity index (χ2n) is 3.19. The Balaban J connectivity index is 2.45. The Morgan fingerprint density at radius 3 is 3.17 bits per heavy atom. The number of aliphatic hydroxyl groups is 1. The summed E-state index contributed by atoms with van der Waals surface area (Å²) in [5.74, 6) is 0.946. The van der Waals surface area contributed by atoms with E-state index in [1.54, 1.807) is 0 Å². The van der Waals surface area contributed by atoms with Crippen LogP contribution in [0, 0.1) is 6.92 Å². The van der Waals surface area contributed by atoms with Crippen LogP contribution in [0.4, 0.5) is 0 Å². The molecule has 66 valence electrons. The summed E-state index contributed by atoms with van der Waals surface area (Å²) in [5.41, 5.74) is 0.980. The lowest BCUT2D eigenvalue weighted by atomic mass is 10.1. The lowest BCUT2D eigenvalue weighted by molar-refractivity contribution is 0.143. The summed E-state index contributed by atoms with van der Waals surface area (Å²) in [7, 11) is 0. The highest BCUT2D eigenvalue weighted by Gasteiger charge is 2.21. The molecule has 1 unspecified atom stereocenters. The number of nitrogens with zero attached hydrogens (tertiary/aromatic N) is 2. The number of rotatable bonds is 0. The van der Waals surface area contributed by atoms with Crippen molar-refractivity contribution in [3.8, 4) is 0 Å². The van der Waals surface area contributed by atoms with E-state index in [0.717, 1.165) is 24.5 Å². The molecule has 2 rings (SSSR count). The predicted molar refractivity (Wildman–Crippen MR) is 46.3 cm³/mol. The van der Waals surface area contributed by atoms with Gasteiger partial charge in [-0.3, -0.25) is 0 Å². The zero-order valence-electron chi connectivity index (χ0n) is 6.92. The average molecular weight is 187 g/mol. The first kappa shape index (κ1) is 8.08. The van der Waals surface area contributed by atoms with E-state index in [0.29, 0.717) is 11.6 Å². The van der Waals surface area contributed by atoms with Crippen LogP contribution in [0.1, 0.15) is 17.9 Å². The van der Waals surface area contributed by atoms with Crippen molar-refractivity contribution in [2.24, 2.45) is 0 Å². The normalized spacial score (nSPS) is 22.4. The number of imidazole rings is 1. The molecule has 3 nitrogen and oxygen atoms in total. The van der Waals surface area contributed by atoms with Gasteiger partial charge in [-0.2, -0.15) is 0 Å². The van der Waals surface area contributed by atoms with Gasteiger partial charge in [-0.1, -0.05) is 11.6 Å². The summed E-state index contributed by atoms with van der Waals surface area (Å²) < 4.78 is 2.08. The third-order valence-corrected chi connectivity index (χ3v) is 2.63. The number of hydrogen-bond acceptors (Lipinski definition) is 2. The van der Waals surface area contributed by atoms with Gasteiger partial charge >= 0.3 is 0 Å². The minimum atomic E-state index is -0.244. The largest absolute Gasteiger partial charge is 0.393 e. The molecule has 0 bridgehead atoms. The zero-order valence-corrected chi connectivity index (χ0v) is 7.67. The predicted octanol–water partition coefficient (Wildman–Crippen LogP) is 1.15. The van der Waals surface area contributed by atoms with Crippen molar-refractivity contribution in [1.29, 1.82) is 0 Å². The Kier molecular flexibility index (Phi) is 1.85. The molecule has 0 aliphatic carbocycles. The Bertz CT molecular complexity index is 308. The van der Waals surface area contributed by atoms with Crippen molar-refractivity contribution in [3.05, 3.63) is 16.7 Å². The Labute approximate surface area is 76.0 Å². The van der Waals surface area contributed by atoms with Crippen molar-refractivity contribution < 1.29 is 5.11 Å². The molecular formula is C8H11ClN2O. The molecule has 0 spiro atoms. The van der Waals surface area contributed by atoms with Gasteiger partial charge in [0.05, 0.1) is 11.8 Å². The number of fused-ring (bicyclic) bond motifs is 1. The van der Waals surface area contributed by atoms with E-state index in [4.69, 9.17) is 11.6 Å². The van der Waals surface area contributed by atoms with Gasteiger partial charge in [0.15, 0.2) is 5.15 Å². The lowest BCUT2D eigenvalue weighted by Crippen LogP contribution is -2.23. The molecule has 2 heterocycles. The van der Waals surface area contributed by atoms with Gasteiger partial charge in [-0.25, -0.2) is 4.98 Å². The van der Waals surface area contributed by atoms with Gasteiger partial charge < -0.3 is 9.67 Å². The molecule has 0 radical (unpaired) electrons. The number of halogens is 1. The van der Waals surface area contributed by atoms with Crippen LogP contribution in [-0.4, -0.2) is 20.8 Å². The van der Waals surface area contributed by atoms with Crippen molar-refractivity contribution >= 4 is 11.6 Å². The van der Waals surface area contributed by atoms with E-state index in [-0.39, 0.29) is 6.10 Å². The quantitative estimate of drug-likeness (QED) is 0.660. The van der Waals surface area contributed by atoms with Crippen molar-refractivity contribution in [3.63, 3.8) is 0 Å². The molecule has 0 aromatic carbocycles. The molecular weight excluding hydrogens is 176 g/mol. The molecule has 1 aromatic rings. The second kappa shape index (κ2) is 2.75. The SMILES string of the molecule is Cc1nc(Cl)c2n1CCC(O)C2. The summed E-state index contributed by atoms with van der Waals surface area (Å²) in [5, 5.41) is 9.94. The Morgan fingerprint density at radius 1 is 1.67 bits per heavy atom. The first-order chi connectivity index (χ1) is 5.68. The number of hydrogen-bond donors (Lipinski definition) is 1. The van der Waals surface area contributed by atoms with Crippen LogP contribution in [0.5, 0.6) is 0 Å². The molecule has 0 fully saturated rings. The van der Waals surface area contributed by atoms with Crippen molar-refractivity contribution in [2.75, 3.05) is 0 Å². The maximum atomic E-state index is 9.39. The third kappa shape index (κ3) is 1.13. The molecule has 1 aromatic heterocycles. The summed E-state index contributed by atoms with van der Waals surface area (Å²) in [4.78, 5) is 4.14. The molecule has 4 heteroatoms. The van der Waals surface area contributed by atoms with E-state index < -0.39 is 0 Å². The molecule has 12 heavy (non-hydrogen) atoms. The minimum Gasteiger partial charge on any atom is -0.393 e. The van der Waals surface area contributed by atoms with Gasteiger partial charge in [0, 0.05) is 13.0 Å². The highest BCUT2D eigenvalue weighted by Crippen LogP contribution is 2.23. The number of aromatic nitrogens is 2. The van der Waals surface area contributed by atoms with Gasteiger partial charge in [0.1, 0.15) is 5.82 Å². The van der Waals surface area contributed by atoms with Gasteiger partial charge in [-0.05, 0) is 13.3 Å². The first-order valence-corrected chi connectivity index (χ1v) is 4.46. The summed E-state index contributed by atoms with van der Waals surface area (Å²) in [6.45, 7) is 2.77. The van der Waals surface area contributed by atoms with Crippen LogP contribution in [0.3, 0.4) is 0 Å². The van der Waals surface area contributed by atoms with Crippen molar-refractivity contribution in [2.45, 2.75) is 32.4 Å². The minimum absolute atomic E-state index is 0.244. The van der Waals surface area contributed by atoms with Gasteiger partial charge in [0.2, 0.25) is 0 Å². The zero-order chi connectivity index (χ0) is 8.72. The standard InChI is InChI=1S/C8H11ClN2O/c1-5-10-8(9)7-4-6(12)2-3-11(5)7/h6,12H,2-4H2,1H3. The fourth-order valence-corrected chi connectivity index (χ4v) is 1.97. The Morgan fingerprint density at radius 2 is 2.42 bits per heavy atom. The number of aryl methyl sites for hydroxylation is 1. The molecule has 1 aliphatic rings. The van der Waals surface area contributed by atoms with Crippen LogP contribution in [0.15, 0.2) is 0 Å². The van der Waals surface area contributed by atoms with Gasteiger partial charge in [0.25, 0.3) is 0 Å². The topological polar surface area (TPSA) is 38.0 Å². The third-order valence-electron chi connectivity index (χ3n) is 2.33. The highest BCUT2D eigenvalue weighted by molar-refractivity contribution is 6.30. The van der Waals surface area contributed by atoms with Crippen LogP contribution in [0.25, 0.3) is 0 Å². The Hall–Kier alpha value is -0.540. The molecule has 1 atom stereocenters. The smallest absolute Gasteiger partial charge is 0.150 e. The van der Waals surface area contributed by atoms with E-state index in [1.807, 2.05) is 6.92 Å². The molecule has 1 N–H and O–H groups in total. The fourth-order valence-electron chi connectivity index (χ4n) is 1.67. The second-order valence-corrected chi connectivity index (χ2v) is 3.55. The van der Waals surface area contributed by atoms with E-state index in [9.17, 15) is 5.11 Å². The van der Waals surface area contributed by atoms with Crippen LogP contribution in [0.2, 0.25) is 5.15 Å². The maximum Gasteiger partial charge on any atom is 0.150 e. The van der Waals surface area contributed by atoms with Gasteiger partial charge in [-0.15, -0.1) is 0 Å².